The number of aromatic nitrogens is 1. The van der Waals surface area contributed by atoms with E-state index in [9.17, 15) is 19.8 Å². The van der Waals surface area contributed by atoms with Gasteiger partial charge in [0, 0.05) is 10.6 Å². The number of halogens is 2. The number of rotatable bonds is 4. The molecule has 1 aliphatic rings. The van der Waals surface area contributed by atoms with E-state index in [-0.39, 0.29) is 27.8 Å². The van der Waals surface area contributed by atoms with E-state index < -0.39 is 17.7 Å². The highest BCUT2D eigenvalue weighted by molar-refractivity contribution is 7.22. The van der Waals surface area contributed by atoms with Crippen molar-refractivity contribution in [3.8, 4) is 11.5 Å². The number of aromatic hydroxyl groups is 1. The van der Waals surface area contributed by atoms with Gasteiger partial charge in [0.1, 0.15) is 17.3 Å². The predicted molar refractivity (Wildman–Crippen MR) is 136 cm³/mol. The molecule has 1 fully saturated rings. The fourth-order valence-electron chi connectivity index (χ4n) is 3.95. The number of hydrogen-bond donors (Lipinski definition) is 2. The summed E-state index contributed by atoms with van der Waals surface area (Å²) >= 11 is 13.4. The van der Waals surface area contributed by atoms with Gasteiger partial charge in [0.2, 0.25) is 0 Å². The average molecular weight is 527 g/mol. The van der Waals surface area contributed by atoms with Crippen LogP contribution < -0.4 is 9.64 Å². The fraction of sp³-hybridized carbons (Fsp3) is 0.0800. The van der Waals surface area contributed by atoms with Crippen molar-refractivity contribution >= 4 is 67.3 Å². The molecular formula is C25H16Cl2N2O5S. The number of anilines is 1. The SMILES string of the molecule is COc1cc(/C(O)=C2\C(=O)C(=O)N(c3nc4ccc(Cl)cc4s3)C2c2ccc(O)cc2)ccc1Cl. The van der Waals surface area contributed by atoms with Gasteiger partial charge in [-0.2, -0.15) is 0 Å². The minimum atomic E-state index is -0.992. The quantitative estimate of drug-likeness (QED) is 0.194. The Morgan fingerprint density at radius 3 is 2.51 bits per heavy atom. The molecular weight excluding hydrogens is 511 g/mol. The van der Waals surface area contributed by atoms with Gasteiger partial charge in [-0.1, -0.05) is 46.7 Å². The topological polar surface area (TPSA) is 100.0 Å². The number of hydrogen-bond acceptors (Lipinski definition) is 7. The van der Waals surface area contributed by atoms with Crippen LogP contribution in [0.25, 0.3) is 16.0 Å². The Labute approximate surface area is 213 Å². The third kappa shape index (κ3) is 3.99. The van der Waals surface area contributed by atoms with E-state index in [0.29, 0.717) is 26.9 Å². The molecule has 10 heteroatoms. The van der Waals surface area contributed by atoms with Crippen LogP contribution in [-0.2, 0) is 9.59 Å². The van der Waals surface area contributed by atoms with Gasteiger partial charge >= 0.3 is 5.91 Å². The number of fused-ring (bicyclic) bond motifs is 1. The summed E-state index contributed by atoms with van der Waals surface area (Å²) in [7, 11) is 1.43. The van der Waals surface area contributed by atoms with E-state index in [1.165, 1.54) is 53.7 Å². The van der Waals surface area contributed by atoms with Gasteiger partial charge in [-0.15, -0.1) is 0 Å². The molecule has 0 saturated carbocycles. The smallest absolute Gasteiger partial charge is 0.301 e. The first-order chi connectivity index (χ1) is 16.8. The number of methoxy groups -OCH3 is 1. The van der Waals surface area contributed by atoms with E-state index in [0.717, 1.165) is 4.70 Å². The summed E-state index contributed by atoms with van der Waals surface area (Å²) in [4.78, 5) is 32.4. The van der Waals surface area contributed by atoms with Crippen LogP contribution in [-0.4, -0.2) is 34.0 Å². The number of amides is 1. The number of aliphatic hydroxyl groups is 1. The van der Waals surface area contributed by atoms with E-state index in [1.54, 1.807) is 30.3 Å². The zero-order valence-corrected chi connectivity index (χ0v) is 20.4. The second-order valence-electron chi connectivity index (χ2n) is 7.72. The number of carbonyl (C=O) groups is 2. The first kappa shape index (κ1) is 23.2. The minimum absolute atomic E-state index is 0.0165. The first-order valence-corrected chi connectivity index (χ1v) is 11.9. The van der Waals surface area contributed by atoms with E-state index in [4.69, 9.17) is 27.9 Å². The number of thiazole rings is 1. The van der Waals surface area contributed by atoms with Crippen molar-refractivity contribution in [2.75, 3.05) is 12.0 Å². The maximum atomic E-state index is 13.3. The lowest BCUT2D eigenvalue weighted by Crippen LogP contribution is -2.29. The number of nitrogens with zero attached hydrogens (tertiary/aromatic N) is 2. The van der Waals surface area contributed by atoms with Crippen LogP contribution >= 0.6 is 34.5 Å². The molecule has 0 radical (unpaired) electrons. The molecule has 176 valence electrons. The molecule has 3 aromatic carbocycles. The molecule has 35 heavy (non-hydrogen) atoms. The van der Waals surface area contributed by atoms with Gasteiger partial charge in [0.25, 0.3) is 5.78 Å². The Kier molecular flexibility index (Phi) is 5.88. The number of ketones is 1. The Bertz CT molecular complexity index is 1530. The van der Waals surface area contributed by atoms with Crippen molar-refractivity contribution in [1.82, 2.24) is 4.98 Å². The van der Waals surface area contributed by atoms with Gasteiger partial charge in [0.15, 0.2) is 5.13 Å². The van der Waals surface area contributed by atoms with Crippen LogP contribution in [0, 0.1) is 0 Å². The lowest BCUT2D eigenvalue weighted by Gasteiger charge is -2.23. The summed E-state index contributed by atoms with van der Waals surface area (Å²) in [5, 5.41) is 22.1. The molecule has 1 aliphatic heterocycles. The molecule has 0 bridgehead atoms. The van der Waals surface area contributed by atoms with Gasteiger partial charge in [-0.05, 0) is 54.1 Å². The second-order valence-corrected chi connectivity index (χ2v) is 9.57. The fourth-order valence-corrected chi connectivity index (χ4v) is 5.42. The monoisotopic (exact) mass is 526 g/mol. The highest BCUT2D eigenvalue weighted by Gasteiger charge is 2.48. The zero-order valence-electron chi connectivity index (χ0n) is 18.0. The molecule has 0 spiro atoms. The molecule has 4 aromatic rings. The van der Waals surface area contributed by atoms with Crippen LogP contribution in [0.4, 0.5) is 5.13 Å². The average Bonchev–Trinajstić information content (AvgIpc) is 3.37. The van der Waals surface area contributed by atoms with Crippen LogP contribution in [0.2, 0.25) is 10.0 Å². The van der Waals surface area contributed by atoms with E-state index >= 15 is 0 Å². The molecule has 1 amide bonds. The standard InChI is InChI=1S/C25H16Cl2N2O5S/c1-34-18-10-13(4-8-16(18)27)22(31)20-21(12-2-6-15(30)7-3-12)29(24(33)23(20)32)25-28-17-9-5-14(26)11-19(17)35-25/h2-11,21,30-31H,1H3/b22-20+. The molecule has 1 saturated heterocycles. The summed E-state index contributed by atoms with van der Waals surface area (Å²) in [5.74, 6) is -1.78. The molecule has 2 N–H and O–H groups in total. The highest BCUT2D eigenvalue weighted by atomic mass is 35.5. The third-order valence-electron chi connectivity index (χ3n) is 5.62. The van der Waals surface area contributed by atoms with Crippen LogP contribution in [0.3, 0.4) is 0 Å². The molecule has 2 heterocycles. The van der Waals surface area contributed by atoms with Gasteiger partial charge in [-0.25, -0.2) is 4.98 Å². The zero-order chi connectivity index (χ0) is 24.9. The van der Waals surface area contributed by atoms with Crippen molar-refractivity contribution in [2.24, 2.45) is 0 Å². The second kappa shape index (κ2) is 8.88. The van der Waals surface area contributed by atoms with Crippen LogP contribution in [0.5, 0.6) is 11.5 Å². The van der Waals surface area contributed by atoms with Crippen molar-refractivity contribution in [3.05, 3.63) is 87.4 Å². The number of phenolic OH excluding ortho intramolecular Hbond substituents is 1. The summed E-state index contributed by atoms with van der Waals surface area (Å²) in [6, 6.07) is 14.7. The molecule has 1 aromatic heterocycles. The summed E-state index contributed by atoms with van der Waals surface area (Å²) < 4.78 is 5.97. The number of carbonyl (C=O) groups excluding carboxylic acids is 2. The highest BCUT2D eigenvalue weighted by Crippen LogP contribution is 2.45. The Hall–Kier alpha value is -3.59. The van der Waals surface area contributed by atoms with Crippen molar-refractivity contribution in [1.29, 1.82) is 0 Å². The largest absolute Gasteiger partial charge is 0.508 e. The lowest BCUT2D eigenvalue weighted by molar-refractivity contribution is -0.132. The Balaban J connectivity index is 1.73. The number of aliphatic hydroxyl groups excluding tert-OH is 1. The maximum absolute atomic E-state index is 13.3. The van der Waals surface area contributed by atoms with Crippen molar-refractivity contribution in [3.63, 3.8) is 0 Å². The Morgan fingerprint density at radius 2 is 1.80 bits per heavy atom. The Morgan fingerprint density at radius 1 is 1.06 bits per heavy atom. The summed E-state index contributed by atoms with van der Waals surface area (Å²) in [6.07, 6.45) is 0. The first-order valence-electron chi connectivity index (χ1n) is 10.3. The molecule has 7 nitrogen and oxygen atoms in total. The maximum Gasteiger partial charge on any atom is 0.301 e. The van der Waals surface area contributed by atoms with Gasteiger partial charge in [0.05, 0.1) is 34.0 Å². The molecule has 1 unspecified atom stereocenters. The third-order valence-corrected chi connectivity index (χ3v) is 7.19. The summed E-state index contributed by atoms with van der Waals surface area (Å²) in [6.45, 7) is 0. The molecule has 5 rings (SSSR count). The lowest BCUT2D eigenvalue weighted by atomic mass is 9.95. The normalized spacial score (nSPS) is 17.3. The minimum Gasteiger partial charge on any atom is -0.508 e. The molecule has 1 atom stereocenters. The predicted octanol–water partition coefficient (Wildman–Crippen LogP) is 5.94. The number of benzene rings is 3. The van der Waals surface area contributed by atoms with Crippen molar-refractivity contribution in [2.45, 2.75) is 6.04 Å². The van der Waals surface area contributed by atoms with E-state index in [2.05, 4.69) is 4.98 Å². The molecule has 0 aliphatic carbocycles. The number of ether oxygens (including phenoxy) is 1. The van der Waals surface area contributed by atoms with Crippen molar-refractivity contribution < 1.29 is 24.5 Å². The summed E-state index contributed by atoms with van der Waals surface area (Å²) in [5.41, 5.74) is 1.25. The van der Waals surface area contributed by atoms with Crippen LogP contribution in [0.1, 0.15) is 17.2 Å². The number of phenols is 1. The number of Topliss-reactive ketones (excluding diaryl/α,β-unsaturated/α-hetero) is 1. The van der Waals surface area contributed by atoms with Gasteiger partial charge in [-0.3, -0.25) is 14.5 Å². The van der Waals surface area contributed by atoms with Gasteiger partial charge < -0.3 is 14.9 Å². The van der Waals surface area contributed by atoms with Crippen LogP contribution in [0.15, 0.2) is 66.2 Å². The van der Waals surface area contributed by atoms with E-state index in [1.807, 2.05) is 0 Å².